The number of aliphatic hydroxyl groups excluding tert-OH is 1. The second kappa shape index (κ2) is 30.1. The molecule has 5 rings (SSSR count). The van der Waals surface area contributed by atoms with E-state index in [9.17, 15) is 5.11 Å². The quantitative estimate of drug-likeness (QED) is 0.0551. The van der Waals surface area contributed by atoms with Gasteiger partial charge in [-0.1, -0.05) is 205 Å². The molecule has 0 amide bonds. The summed E-state index contributed by atoms with van der Waals surface area (Å²) in [4.78, 5) is 0. The van der Waals surface area contributed by atoms with Crippen LogP contribution in [0.4, 0.5) is 0 Å². The van der Waals surface area contributed by atoms with Crippen molar-refractivity contribution in [2.24, 2.45) is 0 Å². The minimum absolute atomic E-state index is 0.284. The van der Waals surface area contributed by atoms with Gasteiger partial charge in [-0.25, -0.2) is 0 Å². The number of ether oxygens (including phenoxy) is 3. The molecule has 3 fully saturated rings. The Morgan fingerprint density at radius 1 is 0.467 bits per heavy atom. The number of hydrogen-bond donors (Lipinski definition) is 1. The Morgan fingerprint density at radius 3 is 1.25 bits per heavy atom. The summed E-state index contributed by atoms with van der Waals surface area (Å²) in [6.45, 7) is 6.30. The Kier molecular flexibility index (Phi) is 24.6. The maximum Gasteiger partial charge on any atom is 0.496 e. The maximum atomic E-state index is 11.4. The molecular weight excluding hydrogens is 750 g/mol. The van der Waals surface area contributed by atoms with Crippen molar-refractivity contribution in [1.29, 1.82) is 0 Å². The number of fused-ring (bicyclic) bond motifs is 2. The molecule has 3 aliphatic heterocycles. The molecule has 2 aromatic carbocycles. The van der Waals surface area contributed by atoms with Gasteiger partial charge in [0.2, 0.25) is 0 Å². The van der Waals surface area contributed by atoms with E-state index in [-0.39, 0.29) is 6.61 Å². The second-order valence-corrected chi connectivity index (χ2v) is 17.9. The standard InChI is InChI=1S/C50H82B2O8/c1-3-5-7-9-11-13-15-17-19-21-23-25-27-29-39-54-44-35-31-42(32-36-44)51-56-41-46-48(58-51)47(53)49-50(57-46)60-52(59-49)43-33-37-45(38-34-43)55-40-30-28-26-24-22-20-18-16-14-12-10-8-6-4-2/h31-38,46-50,53H,3-30,39-41H2,1-2H3/t46-,47+,48-,49-,50-/m1/s1. The van der Waals surface area contributed by atoms with E-state index in [0.717, 1.165) is 48.5 Å². The van der Waals surface area contributed by atoms with E-state index in [4.69, 9.17) is 32.8 Å². The lowest BCUT2D eigenvalue weighted by Crippen LogP contribution is -2.64. The zero-order chi connectivity index (χ0) is 41.9. The van der Waals surface area contributed by atoms with Gasteiger partial charge in [-0.2, -0.15) is 0 Å². The number of aliphatic hydroxyl groups is 1. The van der Waals surface area contributed by atoms with Gasteiger partial charge < -0.3 is 37.9 Å². The first kappa shape index (κ1) is 49.0. The fraction of sp³-hybridized carbons (Fsp3) is 0.760. The molecule has 0 aromatic heterocycles. The molecule has 5 atom stereocenters. The number of unbranched alkanes of at least 4 members (excludes halogenated alkanes) is 26. The molecule has 60 heavy (non-hydrogen) atoms. The maximum absolute atomic E-state index is 11.4. The topological polar surface area (TPSA) is 84.8 Å². The largest absolute Gasteiger partial charge is 0.496 e. The van der Waals surface area contributed by atoms with Crippen LogP contribution in [-0.2, 0) is 23.4 Å². The summed E-state index contributed by atoms with van der Waals surface area (Å²) in [5, 5.41) is 11.4. The molecule has 10 heteroatoms. The van der Waals surface area contributed by atoms with Gasteiger partial charge in [-0.15, -0.1) is 0 Å². The Labute approximate surface area is 366 Å². The number of rotatable bonds is 34. The van der Waals surface area contributed by atoms with Crippen molar-refractivity contribution in [3.63, 3.8) is 0 Å². The van der Waals surface area contributed by atoms with E-state index < -0.39 is 44.9 Å². The summed E-state index contributed by atoms with van der Waals surface area (Å²) in [5.74, 6) is 1.69. The van der Waals surface area contributed by atoms with Crippen molar-refractivity contribution < 1.29 is 37.9 Å². The summed E-state index contributed by atoms with van der Waals surface area (Å²) < 4.78 is 43.0. The van der Waals surface area contributed by atoms with E-state index in [0.29, 0.717) is 0 Å². The number of benzene rings is 2. The van der Waals surface area contributed by atoms with Crippen LogP contribution in [0.15, 0.2) is 48.5 Å². The highest BCUT2D eigenvalue weighted by atomic mass is 16.8. The monoisotopic (exact) mass is 833 g/mol. The van der Waals surface area contributed by atoms with E-state index >= 15 is 0 Å². The molecule has 1 N–H and O–H groups in total. The van der Waals surface area contributed by atoms with Crippen molar-refractivity contribution in [2.75, 3.05) is 19.8 Å². The minimum atomic E-state index is -0.925. The van der Waals surface area contributed by atoms with Crippen LogP contribution in [0, 0.1) is 0 Å². The molecule has 0 saturated carbocycles. The lowest BCUT2D eigenvalue weighted by atomic mass is 9.76. The first-order valence-corrected chi connectivity index (χ1v) is 25.0. The van der Waals surface area contributed by atoms with Crippen molar-refractivity contribution in [2.45, 2.75) is 224 Å². The highest BCUT2D eigenvalue weighted by molar-refractivity contribution is 6.62. The summed E-state index contributed by atoms with van der Waals surface area (Å²) in [6.07, 6.45) is 34.4. The van der Waals surface area contributed by atoms with Crippen molar-refractivity contribution >= 4 is 25.2 Å². The van der Waals surface area contributed by atoms with Crippen LogP contribution in [0.3, 0.4) is 0 Å². The van der Waals surface area contributed by atoms with Crippen LogP contribution in [0.1, 0.15) is 194 Å². The van der Waals surface area contributed by atoms with Gasteiger partial charge in [0.15, 0.2) is 6.29 Å². The van der Waals surface area contributed by atoms with Crippen LogP contribution in [-0.4, -0.2) is 69.9 Å². The van der Waals surface area contributed by atoms with E-state index in [1.54, 1.807) is 0 Å². The van der Waals surface area contributed by atoms with E-state index in [1.165, 1.54) is 167 Å². The smallest absolute Gasteiger partial charge is 0.494 e. The van der Waals surface area contributed by atoms with E-state index in [2.05, 4.69) is 13.8 Å². The molecule has 0 spiro atoms. The molecule has 0 aliphatic carbocycles. The van der Waals surface area contributed by atoms with Gasteiger partial charge in [-0.3, -0.25) is 0 Å². The Bertz CT molecular complexity index is 1270. The molecule has 3 saturated heterocycles. The average Bonchev–Trinajstić information content (AvgIpc) is 3.71. The summed E-state index contributed by atoms with van der Waals surface area (Å²) in [5.41, 5.74) is 1.73. The Balaban J connectivity index is 0.895. The molecule has 0 unspecified atom stereocenters. The summed E-state index contributed by atoms with van der Waals surface area (Å²) >= 11 is 0. The van der Waals surface area contributed by atoms with Gasteiger partial charge in [0.05, 0.1) is 19.8 Å². The van der Waals surface area contributed by atoms with E-state index in [1.807, 2.05) is 48.5 Å². The van der Waals surface area contributed by atoms with Crippen LogP contribution >= 0.6 is 0 Å². The molecule has 0 radical (unpaired) electrons. The molecular formula is C50H82B2O8. The van der Waals surface area contributed by atoms with Crippen molar-refractivity contribution in [3.05, 3.63) is 48.5 Å². The first-order valence-electron chi connectivity index (χ1n) is 25.0. The predicted molar refractivity (Wildman–Crippen MR) is 247 cm³/mol. The fourth-order valence-electron chi connectivity index (χ4n) is 8.86. The fourth-order valence-corrected chi connectivity index (χ4v) is 8.86. The third kappa shape index (κ3) is 18.0. The predicted octanol–water partition coefficient (Wildman–Crippen LogP) is 11.4. The van der Waals surface area contributed by atoms with Crippen molar-refractivity contribution in [1.82, 2.24) is 0 Å². The summed E-state index contributed by atoms with van der Waals surface area (Å²) in [6, 6.07) is 15.7. The van der Waals surface area contributed by atoms with Gasteiger partial charge >= 0.3 is 14.2 Å². The molecule has 336 valence electrons. The third-order valence-corrected chi connectivity index (χ3v) is 12.7. The molecule has 3 heterocycles. The highest BCUT2D eigenvalue weighted by Gasteiger charge is 2.56. The number of hydrogen-bond acceptors (Lipinski definition) is 8. The SMILES string of the molecule is CCCCCCCCCCCCCCCCOc1ccc(B2O[C@H]3O[C@@H]4COB(c5ccc(OCCCCCCCCCCCCCCCC)cc5)O[C@H]4[C@H](O)[C@H]3O2)cc1. The molecule has 8 nitrogen and oxygen atoms in total. The van der Waals surface area contributed by atoms with Gasteiger partial charge in [0, 0.05) is 0 Å². The Morgan fingerprint density at radius 2 is 0.833 bits per heavy atom. The second-order valence-electron chi connectivity index (χ2n) is 17.9. The molecule has 3 aliphatic rings. The lowest BCUT2D eigenvalue weighted by molar-refractivity contribution is -0.256. The zero-order valence-corrected chi connectivity index (χ0v) is 37.9. The van der Waals surface area contributed by atoms with Crippen LogP contribution in [0.5, 0.6) is 11.5 Å². The van der Waals surface area contributed by atoms with Crippen molar-refractivity contribution in [3.8, 4) is 11.5 Å². The summed E-state index contributed by atoms with van der Waals surface area (Å²) in [7, 11) is -1.26. The van der Waals surface area contributed by atoms with Gasteiger partial charge in [0.1, 0.15) is 35.9 Å². The third-order valence-electron chi connectivity index (χ3n) is 12.7. The average molecular weight is 833 g/mol. The van der Waals surface area contributed by atoms with Crippen LogP contribution < -0.4 is 20.4 Å². The highest BCUT2D eigenvalue weighted by Crippen LogP contribution is 2.34. The minimum Gasteiger partial charge on any atom is -0.494 e. The normalized spacial score (nSPS) is 21.3. The Hall–Kier alpha value is -2.07. The first-order chi connectivity index (χ1) is 29.7. The van der Waals surface area contributed by atoms with Gasteiger partial charge in [-0.05, 0) is 48.0 Å². The van der Waals surface area contributed by atoms with Gasteiger partial charge in [0.25, 0.3) is 0 Å². The molecule has 0 bridgehead atoms. The van der Waals surface area contributed by atoms with Crippen LogP contribution in [0.2, 0.25) is 0 Å². The lowest BCUT2D eigenvalue weighted by Gasteiger charge is -2.44. The molecule has 2 aromatic rings. The van der Waals surface area contributed by atoms with Crippen LogP contribution in [0.25, 0.3) is 0 Å². The zero-order valence-electron chi connectivity index (χ0n) is 37.9.